The third kappa shape index (κ3) is 1.79. The molecule has 0 bridgehead atoms. The van der Waals surface area contributed by atoms with Gasteiger partial charge < -0.3 is 15.8 Å². The van der Waals surface area contributed by atoms with Crippen molar-refractivity contribution in [3.63, 3.8) is 0 Å². The predicted molar refractivity (Wildman–Crippen MR) is 54.8 cm³/mol. The number of hydrogen-bond acceptors (Lipinski definition) is 3. The Bertz CT molecular complexity index is 601. The maximum atomic E-state index is 12.3. The van der Waals surface area contributed by atoms with Gasteiger partial charge in [0.05, 0.1) is 5.56 Å². The number of phenols is 1. The van der Waals surface area contributed by atoms with Gasteiger partial charge in [0.1, 0.15) is 11.6 Å². The minimum absolute atomic E-state index is 0.0511. The highest BCUT2D eigenvalue weighted by Crippen LogP contribution is 2.32. The highest BCUT2D eigenvalue weighted by Gasteiger charge is 2.41. The molecule has 0 fully saturated rings. The molecule has 0 aliphatic heterocycles. The third-order valence-corrected chi connectivity index (χ3v) is 2.30. The SMILES string of the molecule is Nc1[nH]c2ccc(O)cc2c1C(=O)C(F)(F)F. The topological polar surface area (TPSA) is 79.1 Å². The second-order valence-corrected chi connectivity index (χ2v) is 3.47. The van der Waals surface area contributed by atoms with Crippen molar-refractivity contribution >= 4 is 22.5 Å². The summed E-state index contributed by atoms with van der Waals surface area (Å²) in [5.41, 5.74) is 4.94. The molecule has 0 saturated heterocycles. The van der Waals surface area contributed by atoms with Gasteiger partial charge in [-0.25, -0.2) is 0 Å². The van der Waals surface area contributed by atoms with E-state index in [1.807, 2.05) is 0 Å². The third-order valence-electron chi connectivity index (χ3n) is 2.30. The number of halogens is 3. The van der Waals surface area contributed by atoms with E-state index in [0.29, 0.717) is 0 Å². The molecule has 0 aliphatic carbocycles. The summed E-state index contributed by atoms with van der Waals surface area (Å²) in [6, 6.07) is 3.68. The first kappa shape index (κ1) is 11.3. The molecule has 0 unspecified atom stereocenters. The van der Waals surface area contributed by atoms with Gasteiger partial charge in [0.15, 0.2) is 0 Å². The van der Waals surface area contributed by atoms with Gasteiger partial charge in [0.25, 0.3) is 5.78 Å². The van der Waals surface area contributed by atoms with E-state index in [4.69, 9.17) is 5.73 Å². The average molecular weight is 244 g/mol. The van der Waals surface area contributed by atoms with Crippen molar-refractivity contribution in [1.29, 1.82) is 0 Å². The molecular weight excluding hydrogens is 237 g/mol. The van der Waals surface area contributed by atoms with E-state index in [9.17, 15) is 23.1 Å². The van der Waals surface area contributed by atoms with Crippen molar-refractivity contribution in [3.05, 3.63) is 23.8 Å². The van der Waals surface area contributed by atoms with E-state index < -0.39 is 17.5 Å². The maximum absolute atomic E-state index is 12.3. The van der Waals surface area contributed by atoms with Gasteiger partial charge in [-0.3, -0.25) is 4.79 Å². The number of aromatic amines is 1. The van der Waals surface area contributed by atoms with Crippen LogP contribution in [0.2, 0.25) is 0 Å². The van der Waals surface area contributed by atoms with Gasteiger partial charge >= 0.3 is 6.18 Å². The Kier molecular flexibility index (Phi) is 2.27. The van der Waals surface area contributed by atoms with Crippen LogP contribution in [-0.4, -0.2) is 22.1 Å². The summed E-state index contributed by atoms with van der Waals surface area (Å²) >= 11 is 0. The summed E-state index contributed by atoms with van der Waals surface area (Å²) in [6.07, 6.45) is -5.01. The van der Waals surface area contributed by atoms with Crippen molar-refractivity contribution in [1.82, 2.24) is 4.98 Å². The van der Waals surface area contributed by atoms with Crippen LogP contribution in [0, 0.1) is 0 Å². The number of alkyl halides is 3. The summed E-state index contributed by atoms with van der Waals surface area (Å²) in [5.74, 6) is -2.65. The zero-order valence-electron chi connectivity index (χ0n) is 8.30. The molecule has 0 amide bonds. The Morgan fingerprint density at radius 1 is 1.35 bits per heavy atom. The highest BCUT2D eigenvalue weighted by molar-refractivity contribution is 6.14. The molecule has 2 rings (SSSR count). The first-order chi connectivity index (χ1) is 7.80. The lowest BCUT2D eigenvalue weighted by Gasteiger charge is -2.04. The van der Waals surface area contributed by atoms with Crippen LogP contribution >= 0.6 is 0 Å². The van der Waals surface area contributed by atoms with Gasteiger partial charge in [-0.15, -0.1) is 0 Å². The van der Waals surface area contributed by atoms with Crippen molar-refractivity contribution in [3.8, 4) is 5.75 Å². The number of nitrogens with two attached hydrogens (primary N) is 1. The molecule has 1 heterocycles. The highest BCUT2D eigenvalue weighted by atomic mass is 19.4. The monoisotopic (exact) mass is 244 g/mol. The van der Waals surface area contributed by atoms with Crippen LogP contribution < -0.4 is 5.73 Å². The van der Waals surface area contributed by atoms with E-state index >= 15 is 0 Å². The molecule has 1 aromatic heterocycles. The molecule has 0 atom stereocenters. The first-order valence-electron chi connectivity index (χ1n) is 4.52. The largest absolute Gasteiger partial charge is 0.508 e. The van der Waals surface area contributed by atoms with Crippen molar-refractivity contribution < 1.29 is 23.1 Å². The molecule has 4 nitrogen and oxygen atoms in total. The maximum Gasteiger partial charge on any atom is 0.455 e. The molecule has 7 heteroatoms. The van der Waals surface area contributed by atoms with E-state index in [-0.39, 0.29) is 22.5 Å². The fourth-order valence-electron chi connectivity index (χ4n) is 1.59. The summed E-state index contributed by atoms with van der Waals surface area (Å²) in [5, 5.41) is 9.15. The Morgan fingerprint density at radius 3 is 2.59 bits per heavy atom. The lowest BCUT2D eigenvalue weighted by molar-refractivity contribution is -0.0883. The van der Waals surface area contributed by atoms with Crippen molar-refractivity contribution in [2.75, 3.05) is 5.73 Å². The number of carbonyl (C=O) groups is 1. The van der Waals surface area contributed by atoms with Crippen molar-refractivity contribution in [2.24, 2.45) is 0 Å². The lowest BCUT2D eigenvalue weighted by atomic mass is 10.1. The molecule has 4 N–H and O–H groups in total. The van der Waals surface area contributed by atoms with Gasteiger partial charge in [-0.05, 0) is 18.2 Å². The molecular formula is C10H7F3N2O2. The molecule has 17 heavy (non-hydrogen) atoms. The van der Waals surface area contributed by atoms with E-state index in [0.717, 1.165) is 6.07 Å². The summed E-state index contributed by atoms with van der Waals surface area (Å²) in [7, 11) is 0. The number of aromatic nitrogens is 1. The van der Waals surface area contributed by atoms with Gasteiger partial charge in [0, 0.05) is 10.9 Å². The number of phenolic OH excluding ortho intramolecular Hbond substituents is 1. The van der Waals surface area contributed by atoms with Gasteiger partial charge in [-0.2, -0.15) is 13.2 Å². The molecule has 2 aromatic rings. The number of ketones is 1. The smallest absolute Gasteiger partial charge is 0.455 e. The molecule has 0 saturated carbocycles. The molecule has 0 spiro atoms. The van der Waals surface area contributed by atoms with Crippen LogP contribution in [0.15, 0.2) is 18.2 Å². The quantitative estimate of drug-likeness (QED) is 0.673. The Labute approximate surface area is 92.8 Å². The van der Waals surface area contributed by atoms with E-state index in [2.05, 4.69) is 4.98 Å². The van der Waals surface area contributed by atoms with Crippen LogP contribution in [0.25, 0.3) is 10.9 Å². The van der Waals surface area contributed by atoms with Crippen molar-refractivity contribution in [2.45, 2.75) is 6.18 Å². The molecule has 90 valence electrons. The average Bonchev–Trinajstić information content (AvgIpc) is 2.51. The number of anilines is 1. The van der Waals surface area contributed by atoms with Crippen LogP contribution in [0.5, 0.6) is 5.75 Å². The van der Waals surface area contributed by atoms with Gasteiger partial charge in [-0.1, -0.05) is 0 Å². The Morgan fingerprint density at radius 2 is 2.00 bits per heavy atom. The van der Waals surface area contributed by atoms with Crippen LogP contribution in [0.1, 0.15) is 10.4 Å². The molecule has 0 radical (unpaired) electrons. The fraction of sp³-hybridized carbons (Fsp3) is 0.100. The number of fused-ring (bicyclic) bond motifs is 1. The van der Waals surface area contributed by atoms with E-state index in [1.165, 1.54) is 12.1 Å². The minimum atomic E-state index is -5.01. The lowest BCUT2D eigenvalue weighted by Crippen LogP contribution is -2.23. The fourth-order valence-corrected chi connectivity index (χ4v) is 1.59. The summed E-state index contributed by atoms with van der Waals surface area (Å²) < 4.78 is 37.0. The molecule has 0 aliphatic rings. The van der Waals surface area contributed by atoms with Crippen LogP contribution in [0.3, 0.4) is 0 Å². The van der Waals surface area contributed by atoms with Crippen LogP contribution in [0.4, 0.5) is 19.0 Å². The minimum Gasteiger partial charge on any atom is -0.508 e. The number of aromatic hydroxyl groups is 1. The number of rotatable bonds is 1. The Balaban J connectivity index is 2.72. The van der Waals surface area contributed by atoms with Gasteiger partial charge in [0.2, 0.25) is 0 Å². The standard InChI is InChI=1S/C10H7F3N2O2/c11-10(12,13)8(17)7-5-3-4(16)1-2-6(5)15-9(7)14/h1-3,15-16H,14H2. The number of nitrogens with one attached hydrogen (secondary N) is 1. The zero-order valence-corrected chi connectivity index (χ0v) is 8.30. The predicted octanol–water partition coefficient (Wildman–Crippen LogP) is 2.20. The first-order valence-corrected chi connectivity index (χ1v) is 4.52. The summed E-state index contributed by atoms with van der Waals surface area (Å²) in [6.45, 7) is 0. The van der Waals surface area contributed by atoms with Crippen LogP contribution in [-0.2, 0) is 0 Å². The number of benzene rings is 1. The zero-order chi connectivity index (χ0) is 12.8. The number of nitrogen functional groups attached to an aromatic ring is 1. The van der Waals surface area contributed by atoms with E-state index in [1.54, 1.807) is 0 Å². The number of carbonyl (C=O) groups excluding carboxylic acids is 1. The number of H-pyrrole nitrogens is 1. The normalized spacial score (nSPS) is 11.9. The second-order valence-electron chi connectivity index (χ2n) is 3.47. The number of Topliss-reactive ketones (excluding diaryl/α,β-unsaturated/α-hetero) is 1. The Hall–Kier alpha value is -2.18. The second kappa shape index (κ2) is 3.41. The number of hydrogen-bond donors (Lipinski definition) is 3. The summed E-state index contributed by atoms with van der Waals surface area (Å²) in [4.78, 5) is 13.6. The molecule has 1 aromatic carbocycles.